The Labute approximate surface area is 66.6 Å². The highest BCUT2D eigenvalue weighted by Gasteiger charge is 2.06. The molecule has 0 fully saturated rings. The van der Waals surface area contributed by atoms with E-state index in [4.69, 9.17) is 15.4 Å². The van der Waals surface area contributed by atoms with E-state index in [1.165, 1.54) is 6.26 Å². The van der Waals surface area contributed by atoms with Gasteiger partial charge in [0.05, 0.1) is 12.3 Å². The molecule has 2 N–H and O–H groups in total. The molecule has 0 aliphatic rings. The van der Waals surface area contributed by atoms with E-state index in [0.29, 0.717) is 10.2 Å². The number of nitriles is 1. The minimum absolute atomic E-state index is 0.588. The molecule has 0 saturated heterocycles. The Hall–Kier alpha value is -0.790. The van der Waals surface area contributed by atoms with Crippen molar-refractivity contribution in [3.8, 4) is 6.07 Å². The van der Waals surface area contributed by atoms with E-state index < -0.39 is 6.04 Å². The summed E-state index contributed by atoms with van der Waals surface area (Å²) in [6, 6.07) is 2.98. The van der Waals surface area contributed by atoms with Gasteiger partial charge in [0.1, 0.15) is 6.04 Å². The zero-order valence-corrected chi connectivity index (χ0v) is 6.63. The topological polar surface area (TPSA) is 63.0 Å². The number of furan rings is 1. The lowest BCUT2D eigenvalue weighted by Gasteiger charge is -1.92. The standard InChI is InChI=1S/C6H5BrN2O/c7-6-1-4(3-10-6)5(9)2-8/h1,3,5H,9H2. The molecule has 1 aromatic heterocycles. The molecular weight excluding hydrogens is 196 g/mol. The van der Waals surface area contributed by atoms with Crippen molar-refractivity contribution in [1.29, 1.82) is 5.26 Å². The summed E-state index contributed by atoms with van der Waals surface area (Å²) in [6.07, 6.45) is 1.46. The predicted molar refractivity (Wildman–Crippen MR) is 38.9 cm³/mol. The molecule has 0 radical (unpaired) electrons. The molecule has 52 valence electrons. The third kappa shape index (κ3) is 1.38. The van der Waals surface area contributed by atoms with Crippen molar-refractivity contribution in [1.82, 2.24) is 0 Å². The van der Waals surface area contributed by atoms with Crippen LogP contribution in [0.25, 0.3) is 0 Å². The molecular formula is C6H5BrN2O. The van der Waals surface area contributed by atoms with Crippen LogP contribution in [0.5, 0.6) is 0 Å². The molecule has 0 aromatic carbocycles. The molecule has 1 atom stereocenters. The number of hydrogen-bond acceptors (Lipinski definition) is 3. The number of halogens is 1. The number of hydrogen-bond donors (Lipinski definition) is 1. The van der Waals surface area contributed by atoms with Crippen LogP contribution >= 0.6 is 15.9 Å². The lowest BCUT2D eigenvalue weighted by molar-refractivity contribution is 0.537. The minimum atomic E-state index is -0.588. The molecule has 1 rings (SSSR count). The van der Waals surface area contributed by atoms with Gasteiger partial charge in [-0.1, -0.05) is 0 Å². The zero-order chi connectivity index (χ0) is 7.56. The van der Waals surface area contributed by atoms with Gasteiger partial charge in [0, 0.05) is 5.56 Å². The van der Waals surface area contributed by atoms with Gasteiger partial charge in [-0.05, 0) is 22.0 Å². The third-order valence-corrected chi connectivity index (χ3v) is 1.50. The lowest BCUT2D eigenvalue weighted by Crippen LogP contribution is -2.05. The summed E-state index contributed by atoms with van der Waals surface area (Å²) in [5.74, 6) is 0. The van der Waals surface area contributed by atoms with Crippen molar-refractivity contribution in [2.45, 2.75) is 6.04 Å². The Balaban J connectivity index is 2.87. The van der Waals surface area contributed by atoms with Gasteiger partial charge < -0.3 is 10.2 Å². The third-order valence-electron chi connectivity index (χ3n) is 1.09. The van der Waals surface area contributed by atoms with Gasteiger partial charge in [0.15, 0.2) is 4.67 Å². The summed E-state index contributed by atoms with van der Waals surface area (Å²) in [6.45, 7) is 0. The Morgan fingerprint density at radius 2 is 2.50 bits per heavy atom. The van der Waals surface area contributed by atoms with Gasteiger partial charge in [-0.3, -0.25) is 0 Å². The van der Waals surface area contributed by atoms with Gasteiger partial charge in [-0.2, -0.15) is 5.26 Å². The first-order chi connectivity index (χ1) is 4.74. The summed E-state index contributed by atoms with van der Waals surface area (Å²) in [5, 5.41) is 8.37. The number of nitrogens with zero attached hydrogens (tertiary/aromatic N) is 1. The average molecular weight is 201 g/mol. The average Bonchev–Trinajstić information content (AvgIpc) is 2.34. The first-order valence-electron chi connectivity index (χ1n) is 2.63. The summed E-state index contributed by atoms with van der Waals surface area (Å²) in [7, 11) is 0. The van der Waals surface area contributed by atoms with E-state index in [1.807, 2.05) is 6.07 Å². The van der Waals surface area contributed by atoms with Crippen LogP contribution in [0.4, 0.5) is 0 Å². The van der Waals surface area contributed by atoms with E-state index in [9.17, 15) is 0 Å². The second kappa shape index (κ2) is 2.86. The Morgan fingerprint density at radius 3 is 2.90 bits per heavy atom. The van der Waals surface area contributed by atoms with Crippen molar-refractivity contribution < 1.29 is 4.42 Å². The maximum Gasteiger partial charge on any atom is 0.169 e. The van der Waals surface area contributed by atoms with E-state index in [2.05, 4.69) is 15.9 Å². The first kappa shape index (κ1) is 7.32. The molecule has 1 aromatic rings. The number of nitrogens with two attached hydrogens (primary N) is 1. The van der Waals surface area contributed by atoms with E-state index in [-0.39, 0.29) is 0 Å². The molecule has 0 saturated carbocycles. The van der Waals surface area contributed by atoms with Crippen molar-refractivity contribution in [2.24, 2.45) is 5.73 Å². The van der Waals surface area contributed by atoms with E-state index in [0.717, 1.165) is 0 Å². The molecule has 0 aliphatic heterocycles. The predicted octanol–water partition coefficient (Wildman–Crippen LogP) is 1.57. The van der Waals surface area contributed by atoms with E-state index >= 15 is 0 Å². The van der Waals surface area contributed by atoms with Crippen molar-refractivity contribution >= 4 is 15.9 Å². The van der Waals surface area contributed by atoms with E-state index in [1.54, 1.807) is 6.07 Å². The normalized spacial score (nSPS) is 12.5. The van der Waals surface area contributed by atoms with Crippen LogP contribution in [0, 0.1) is 11.3 Å². The van der Waals surface area contributed by atoms with Crippen LogP contribution in [0.3, 0.4) is 0 Å². The zero-order valence-electron chi connectivity index (χ0n) is 5.04. The Kier molecular flexibility index (Phi) is 2.10. The van der Waals surface area contributed by atoms with Gasteiger partial charge in [0.2, 0.25) is 0 Å². The minimum Gasteiger partial charge on any atom is -0.457 e. The van der Waals surface area contributed by atoms with Gasteiger partial charge >= 0.3 is 0 Å². The smallest absolute Gasteiger partial charge is 0.169 e. The fourth-order valence-electron chi connectivity index (χ4n) is 0.561. The van der Waals surface area contributed by atoms with Crippen LogP contribution in [0.1, 0.15) is 11.6 Å². The lowest BCUT2D eigenvalue weighted by atomic mass is 10.2. The van der Waals surface area contributed by atoms with Crippen molar-refractivity contribution in [3.05, 3.63) is 22.6 Å². The molecule has 0 aliphatic carbocycles. The first-order valence-corrected chi connectivity index (χ1v) is 3.42. The van der Waals surface area contributed by atoms with Crippen molar-refractivity contribution in [3.63, 3.8) is 0 Å². The molecule has 1 heterocycles. The summed E-state index contributed by atoms with van der Waals surface area (Å²) in [4.78, 5) is 0. The summed E-state index contributed by atoms with van der Waals surface area (Å²) in [5.41, 5.74) is 6.05. The Morgan fingerprint density at radius 1 is 1.80 bits per heavy atom. The fourth-order valence-corrected chi connectivity index (χ4v) is 0.919. The highest BCUT2D eigenvalue weighted by molar-refractivity contribution is 9.10. The number of rotatable bonds is 1. The molecule has 0 bridgehead atoms. The Bertz CT molecular complexity index is 263. The van der Waals surface area contributed by atoms with Crippen LogP contribution in [-0.2, 0) is 0 Å². The highest BCUT2D eigenvalue weighted by Crippen LogP contribution is 2.17. The van der Waals surface area contributed by atoms with Gasteiger partial charge in [-0.25, -0.2) is 0 Å². The second-order valence-electron chi connectivity index (χ2n) is 1.79. The molecule has 0 amide bonds. The summed E-state index contributed by atoms with van der Waals surface area (Å²) >= 11 is 3.10. The molecule has 3 nitrogen and oxygen atoms in total. The molecule has 1 unspecified atom stereocenters. The van der Waals surface area contributed by atoms with Crippen LogP contribution in [-0.4, -0.2) is 0 Å². The highest BCUT2D eigenvalue weighted by atomic mass is 79.9. The fraction of sp³-hybridized carbons (Fsp3) is 0.167. The molecule has 4 heteroatoms. The quantitative estimate of drug-likeness (QED) is 0.749. The maximum absolute atomic E-state index is 8.37. The monoisotopic (exact) mass is 200 g/mol. The second-order valence-corrected chi connectivity index (χ2v) is 2.57. The largest absolute Gasteiger partial charge is 0.457 e. The SMILES string of the molecule is N#CC(N)c1coc(Br)c1. The maximum atomic E-state index is 8.37. The van der Waals surface area contributed by atoms with Crippen molar-refractivity contribution in [2.75, 3.05) is 0 Å². The molecule has 0 spiro atoms. The van der Waals surface area contributed by atoms with Crippen LogP contribution in [0.2, 0.25) is 0 Å². The van der Waals surface area contributed by atoms with Crippen LogP contribution < -0.4 is 5.73 Å². The summed E-state index contributed by atoms with van der Waals surface area (Å²) < 4.78 is 5.46. The van der Waals surface area contributed by atoms with Crippen LogP contribution in [0.15, 0.2) is 21.4 Å². The molecule has 10 heavy (non-hydrogen) atoms. The van der Waals surface area contributed by atoms with Gasteiger partial charge in [0.25, 0.3) is 0 Å². The van der Waals surface area contributed by atoms with Gasteiger partial charge in [-0.15, -0.1) is 0 Å².